The van der Waals surface area contributed by atoms with E-state index in [1.807, 2.05) is 0 Å². The van der Waals surface area contributed by atoms with Gasteiger partial charge in [-0.15, -0.1) is 0 Å². The summed E-state index contributed by atoms with van der Waals surface area (Å²) in [5.41, 5.74) is 6.09. The van der Waals surface area contributed by atoms with Gasteiger partial charge in [0.2, 0.25) is 0 Å². The third kappa shape index (κ3) is 2.84. The summed E-state index contributed by atoms with van der Waals surface area (Å²) in [5.74, 6) is 0. The molecule has 98 valence electrons. The van der Waals surface area contributed by atoms with Crippen molar-refractivity contribution in [1.29, 1.82) is 0 Å². The SMILES string of the molecule is Cc1cc(C)c(C(O)C2=CCCCCC2)cc1C. The van der Waals surface area contributed by atoms with E-state index >= 15 is 0 Å². The number of allylic oxidation sites excluding steroid dienone is 1. The smallest absolute Gasteiger partial charge is 0.100 e. The maximum atomic E-state index is 10.6. The zero-order valence-corrected chi connectivity index (χ0v) is 11.8. The predicted octanol–water partition coefficient (Wildman–Crippen LogP) is 4.54. The lowest BCUT2D eigenvalue weighted by molar-refractivity contribution is 0.210. The van der Waals surface area contributed by atoms with Gasteiger partial charge in [-0.2, -0.15) is 0 Å². The zero-order chi connectivity index (χ0) is 13.1. The molecule has 0 radical (unpaired) electrons. The first-order valence-corrected chi connectivity index (χ1v) is 7.04. The second-order valence-electron chi connectivity index (χ2n) is 5.57. The molecule has 1 aromatic carbocycles. The quantitative estimate of drug-likeness (QED) is 0.757. The number of aliphatic hydroxyl groups is 1. The second kappa shape index (κ2) is 5.71. The van der Waals surface area contributed by atoms with Crippen LogP contribution in [0.25, 0.3) is 0 Å². The molecule has 1 atom stereocenters. The molecule has 1 unspecified atom stereocenters. The van der Waals surface area contributed by atoms with E-state index < -0.39 is 6.10 Å². The van der Waals surface area contributed by atoms with Crippen LogP contribution in [0.1, 0.15) is 60.5 Å². The molecule has 0 aromatic heterocycles. The topological polar surface area (TPSA) is 20.2 Å². The van der Waals surface area contributed by atoms with Gasteiger partial charge in [-0.1, -0.05) is 24.6 Å². The highest BCUT2D eigenvalue weighted by Crippen LogP contribution is 2.31. The molecular formula is C17H24O. The van der Waals surface area contributed by atoms with Gasteiger partial charge in [-0.3, -0.25) is 0 Å². The highest BCUT2D eigenvalue weighted by molar-refractivity contribution is 5.40. The van der Waals surface area contributed by atoms with Crippen molar-refractivity contribution in [2.24, 2.45) is 0 Å². The molecule has 2 rings (SSSR count). The Kier molecular flexibility index (Phi) is 4.23. The molecule has 0 fully saturated rings. The van der Waals surface area contributed by atoms with Gasteiger partial charge in [0.05, 0.1) is 0 Å². The van der Waals surface area contributed by atoms with Gasteiger partial charge in [-0.25, -0.2) is 0 Å². The largest absolute Gasteiger partial charge is 0.384 e. The monoisotopic (exact) mass is 244 g/mol. The molecule has 0 saturated heterocycles. The van der Waals surface area contributed by atoms with Crippen molar-refractivity contribution in [2.75, 3.05) is 0 Å². The summed E-state index contributed by atoms with van der Waals surface area (Å²) in [7, 11) is 0. The summed E-state index contributed by atoms with van der Waals surface area (Å²) in [5, 5.41) is 10.6. The van der Waals surface area contributed by atoms with E-state index in [2.05, 4.69) is 39.0 Å². The highest BCUT2D eigenvalue weighted by Gasteiger charge is 2.17. The van der Waals surface area contributed by atoms with Gasteiger partial charge in [0.25, 0.3) is 0 Å². The first-order chi connectivity index (χ1) is 8.59. The van der Waals surface area contributed by atoms with Crippen LogP contribution in [0.3, 0.4) is 0 Å². The van der Waals surface area contributed by atoms with Crippen molar-refractivity contribution in [1.82, 2.24) is 0 Å². The number of hydrogen-bond donors (Lipinski definition) is 1. The Hall–Kier alpha value is -1.08. The number of rotatable bonds is 2. The van der Waals surface area contributed by atoms with Crippen LogP contribution in [-0.2, 0) is 0 Å². The fraction of sp³-hybridized carbons (Fsp3) is 0.529. The molecule has 0 saturated carbocycles. The Morgan fingerprint density at radius 1 is 0.944 bits per heavy atom. The second-order valence-corrected chi connectivity index (χ2v) is 5.57. The third-order valence-electron chi connectivity index (χ3n) is 4.10. The minimum atomic E-state index is -0.401. The summed E-state index contributed by atoms with van der Waals surface area (Å²) in [6.07, 6.45) is 7.80. The van der Waals surface area contributed by atoms with Crippen LogP contribution in [0, 0.1) is 20.8 Å². The number of hydrogen-bond acceptors (Lipinski definition) is 1. The Morgan fingerprint density at radius 2 is 1.67 bits per heavy atom. The molecule has 1 heteroatoms. The van der Waals surface area contributed by atoms with Crippen molar-refractivity contribution in [3.8, 4) is 0 Å². The molecule has 1 aliphatic rings. The normalized spacial score (nSPS) is 18.1. The van der Waals surface area contributed by atoms with E-state index in [0.717, 1.165) is 18.4 Å². The average molecular weight is 244 g/mol. The molecular weight excluding hydrogens is 220 g/mol. The maximum Gasteiger partial charge on any atom is 0.100 e. The van der Waals surface area contributed by atoms with Crippen LogP contribution in [0.4, 0.5) is 0 Å². The van der Waals surface area contributed by atoms with Crippen molar-refractivity contribution in [3.05, 3.63) is 46.0 Å². The fourth-order valence-corrected chi connectivity index (χ4v) is 2.77. The molecule has 0 amide bonds. The van der Waals surface area contributed by atoms with Crippen molar-refractivity contribution < 1.29 is 5.11 Å². The molecule has 1 aliphatic carbocycles. The van der Waals surface area contributed by atoms with Gasteiger partial charge in [-0.05, 0) is 74.3 Å². The van der Waals surface area contributed by atoms with Gasteiger partial charge in [0.1, 0.15) is 6.10 Å². The molecule has 0 spiro atoms. The standard InChI is InChI=1S/C17H24O/c1-12-10-14(3)16(11-13(12)2)17(18)15-8-6-4-5-7-9-15/h8,10-11,17-18H,4-7,9H2,1-3H3. The van der Waals surface area contributed by atoms with Gasteiger partial charge in [0.15, 0.2) is 0 Å². The minimum absolute atomic E-state index is 0.401. The molecule has 0 aliphatic heterocycles. The molecule has 1 nitrogen and oxygen atoms in total. The Morgan fingerprint density at radius 3 is 2.44 bits per heavy atom. The number of aliphatic hydroxyl groups excluding tert-OH is 1. The summed E-state index contributed by atoms with van der Waals surface area (Å²) in [6.45, 7) is 6.35. The Labute approximate surface area is 111 Å². The van der Waals surface area contributed by atoms with E-state index in [1.54, 1.807) is 0 Å². The Bertz CT molecular complexity index is 457. The fourth-order valence-electron chi connectivity index (χ4n) is 2.77. The highest BCUT2D eigenvalue weighted by atomic mass is 16.3. The van der Waals surface area contributed by atoms with E-state index in [-0.39, 0.29) is 0 Å². The molecule has 0 bridgehead atoms. The first-order valence-electron chi connectivity index (χ1n) is 7.04. The van der Waals surface area contributed by atoms with Crippen LogP contribution in [0.2, 0.25) is 0 Å². The van der Waals surface area contributed by atoms with Crippen LogP contribution in [0.15, 0.2) is 23.8 Å². The molecule has 1 N–H and O–H groups in total. The minimum Gasteiger partial charge on any atom is -0.384 e. The van der Waals surface area contributed by atoms with Crippen molar-refractivity contribution in [3.63, 3.8) is 0 Å². The molecule has 1 aromatic rings. The van der Waals surface area contributed by atoms with Crippen LogP contribution in [0.5, 0.6) is 0 Å². The van der Waals surface area contributed by atoms with Gasteiger partial charge < -0.3 is 5.11 Å². The number of aryl methyl sites for hydroxylation is 3. The summed E-state index contributed by atoms with van der Waals surface area (Å²) >= 11 is 0. The average Bonchev–Trinajstić information content (AvgIpc) is 2.61. The predicted molar refractivity (Wildman–Crippen MR) is 76.8 cm³/mol. The van der Waals surface area contributed by atoms with E-state index in [4.69, 9.17) is 0 Å². The van der Waals surface area contributed by atoms with E-state index in [9.17, 15) is 5.11 Å². The third-order valence-corrected chi connectivity index (χ3v) is 4.10. The molecule has 0 heterocycles. The lowest BCUT2D eigenvalue weighted by Gasteiger charge is -2.18. The van der Waals surface area contributed by atoms with E-state index in [0.29, 0.717) is 0 Å². The summed E-state index contributed by atoms with van der Waals surface area (Å²) < 4.78 is 0. The van der Waals surface area contributed by atoms with Crippen LogP contribution in [-0.4, -0.2) is 5.11 Å². The van der Waals surface area contributed by atoms with Crippen molar-refractivity contribution >= 4 is 0 Å². The zero-order valence-electron chi connectivity index (χ0n) is 11.8. The van der Waals surface area contributed by atoms with Crippen molar-refractivity contribution in [2.45, 2.75) is 59.0 Å². The number of benzene rings is 1. The maximum absolute atomic E-state index is 10.6. The van der Waals surface area contributed by atoms with E-state index in [1.165, 1.54) is 41.5 Å². The molecule has 18 heavy (non-hydrogen) atoms. The summed E-state index contributed by atoms with van der Waals surface area (Å²) in [4.78, 5) is 0. The lowest BCUT2D eigenvalue weighted by Crippen LogP contribution is -2.05. The van der Waals surface area contributed by atoms with Gasteiger partial charge >= 0.3 is 0 Å². The van der Waals surface area contributed by atoms with Gasteiger partial charge in [0, 0.05) is 0 Å². The first kappa shape index (κ1) is 13.4. The lowest BCUT2D eigenvalue weighted by atomic mass is 9.92. The van der Waals surface area contributed by atoms with Crippen LogP contribution >= 0.6 is 0 Å². The Balaban J connectivity index is 2.30. The summed E-state index contributed by atoms with van der Waals surface area (Å²) in [6, 6.07) is 4.34. The van der Waals surface area contributed by atoms with Crippen LogP contribution < -0.4 is 0 Å².